The third-order valence-corrected chi connectivity index (χ3v) is 6.33. The van der Waals surface area contributed by atoms with Crippen LogP contribution in [0.5, 0.6) is 0 Å². The van der Waals surface area contributed by atoms with Gasteiger partial charge in [0.15, 0.2) is 9.84 Å². The quantitative estimate of drug-likeness (QED) is 0.932. The summed E-state index contributed by atoms with van der Waals surface area (Å²) in [5.74, 6) is -1.88. The molecule has 4 nitrogen and oxygen atoms in total. The predicted molar refractivity (Wildman–Crippen MR) is 72.0 cm³/mol. The van der Waals surface area contributed by atoms with Crippen LogP contribution in [0.3, 0.4) is 0 Å². The Kier molecular flexibility index (Phi) is 4.16. The van der Waals surface area contributed by atoms with Gasteiger partial charge >= 0.3 is 5.97 Å². The van der Waals surface area contributed by atoms with E-state index in [4.69, 9.17) is 11.6 Å². The third-order valence-electron chi connectivity index (χ3n) is 3.56. The molecule has 0 aliphatic heterocycles. The van der Waals surface area contributed by atoms with Crippen molar-refractivity contribution in [1.29, 1.82) is 0 Å². The molecule has 1 aromatic rings. The van der Waals surface area contributed by atoms with Crippen LogP contribution in [0, 0.1) is 5.92 Å². The molecule has 6 heteroatoms. The van der Waals surface area contributed by atoms with Crippen LogP contribution in [0.4, 0.5) is 0 Å². The molecule has 104 valence electrons. The van der Waals surface area contributed by atoms with Crippen LogP contribution in [0.25, 0.3) is 0 Å². The molecule has 0 aromatic heterocycles. The minimum Gasteiger partial charge on any atom is -0.481 e. The first-order valence-corrected chi connectivity index (χ1v) is 8.08. The summed E-state index contributed by atoms with van der Waals surface area (Å²) >= 11 is 5.93. The number of carboxylic acids is 1. The highest BCUT2D eigenvalue weighted by Gasteiger charge is 2.41. The molecule has 0 heterocycles. The maximum atomic E-state index is 12.6. The Bertz CT molecular complexity index is 582. The van der Waals surface area contributed by atoms with Crippen LogP contribution < -0.4 is 0 Å². The minimum atomic E-state index is -3.70. The van der Waals surface area contributed by atoms with Gasteiger partial charge in [-0.1, -0.05) is 36.6 Å². The van der Waals surface area contributed by atoms with Crippen molar-refractivity contribution in [2.45, 2.75) is 35.8 Å². The van der Waals surface area contributed by atoms with Crippen molar-refractivity contribution in [3.8, 4) is 0 Å². The smallest absolute Gasteiger partial charge is 0.307 e. The van der Waals surface area contributed by atoms with Gasteiger partial charge in [0.25, 0.3) is 0 Å². The van der Waals surface area contributed by atoms with Crippen molar-refractivity contribution in [2.24, 2.45) is 5.92 Å². The number of rotatable bonds is 3. The van der Waals surface area contributed by atoms with Crippen molar-refractivity contribution in [1.82, 2.24) is 0 Å². The van der Waals surface area contributed by atoms with Crippen molar-refractivity contribution in [3.63, 3.8) is 0 Å². The molecular weight excluding hydrogens is 288 g/mol. The third kappa shape index (κ3) is 2.77. The summed E-state index contributed by atoms with van der Waals surface area (Å²) in [6, 6.07) is 6.19. The van der Waals surface area contributed by atoms with E-state index < -0.39 is 27.0 Å². The molecule has 1 saturated carbocycles. The normalized spacial score (nSPS) is 24.1. The van der Waals surface area contributed by atoms with Crippen LogP contribution in [0.15, 0.2) is 29.2 Å². The Morgan fingerprint density at radius 1 is 1.21 bits per heavy atom. The lowest BCUT2D eigenvalue weighted by Gasteiger charge is -2.28. The van der Waals surface area contributed by atoms with Gasteiger partial charge in [0, 0.05) is 0 Å². The van der Waals surface area contributed by atoms with Crippen LogP contribution in [-0.2, 0) is 14.6 Å². The Morgan fingerprint density at radius 3 is 2.47 bits per heavy atom. The first kappa shape index (κ1) is 14.3. The monoisotopic (exact) mass is 302 g/mol. The van der Waals surface area contributed by atoms with E-state index in [0.29, 0.717) is 12.8 Å². The van der Waals surface area contributed by atoms with E-state index in [2.05, 4.69) is 0 Å². The van der Waals surface area contributed by atoms with Crippen molar-refractivity contribution in [3.05, 3.63) is 29.3 Å². The lowest BCUT2D eigenvalue weighted by Crippen LogP contribution is -2.37. The number of carbonyl (C=O) groups is 1. The predicted octanol–water partition coefficient (Wildman–Crippen LogP) is 2.76. The highest BCUT2D eigenvalue weighted by atomic mass is 35.5. The van der Waals surface area contributed by atoms with Gasteiger partial charge in [-0.3, -0.25) is 4.79 Å². The number of sulfone groups is 1. The molecule has 0 saturated heterocycles. The van der Waals surface area contributed by atoms with Gasteiger partial charge in [0.05, 0.1) is 21.1 Å². The zero-order chi connectivity index (χ0) is 14.0. The molecule has 1 aliphatic rings. The number of benzene rings is 1. The number of halogens is 1. The van der Waals surface area contributed by atoms with Gasteiger partial charge in [-0.2, -0.15) is 0 Å². The summed E-state index contributed by atoms with van der Waals surface area (Å²) in [4.78, 5) is 11.3. The van der Waals surface area contributed by atoms with Crippen LogP contribution in [-0.4, -0.2) is 24.7 Å². The molecule has 0 amide bonds. The Morgan fingerprint density at radius 2 is 1.84 bits per heavy atom. The number of hydrogen-bond acceptors (Lipinski definition) is 3. The summed E-state index contributed by atoms with van der Waals surface area (Å²) < 4.78 is 25.2. The van der Waals surface area contributed by atoms with Crippen molar-refractivity contribution >= 4 is 27.4 Å². The lowest BCUT2D eigenvalue weighted by molar-refractivity contribution is -0.142. The second kappa shape index (κ2) is 5.51. The van der Waals surface area contributed by atoms with E-state index in [1.165, 1.54) is 12.1 Å². The van der Waals surface area contributed by atoms with Gasteiger partial charge in [-0.25, -0.2) is 8.42 Å². The lowest BCUT2D eigenvalue weighted by atomic mass is 9.89. The summed E-state index contributed by atoms with van der Waals surface area (Å²) in [6.07, 6.45) is 2.28. The molecule has 1 fully saturated rings. The van der Waals surface area contributed by atoms with Crippen LogP contribution in [0.1, 0.15) is 25.7 Å². The maximum Gasteiger partial charge on any atom is 0.307 e. The fourth-order valence-electron chi connectivity index (χ4n) is 2.59. The Hall–Kier alpha value is -1.07. The maximum absolute atomic E-state index is 12.6. The summed E-state index contributed by atoms with van der Waals surface area (Å²) in [7, 11) is -3.70. The minimum absolute atomic E-state index is 0.0369. The zero-order valence-corrected chi connectivity index (χ0v) is 11.8. The fraction of sp³-hybridized carbons (Fsp3) is 0.462. The van der Waals surface area contributed by atoms with E-state index >= 15 is 0 Å². The largest absolute Gasteiger partial charge is 0.481 e. The van der Waals surface area contributed by atoms with Crippen LogP contribution >= 0.6 is 11.6 Å². The average Bonchev–Trinajstić information content (AvgIpc) is 2.39. The Labute approximate surface area is 117 Å². The highest BCUT2D eigenvalue weighted by Crippen LogP contribution is 2.35. The van der Waals surface area contributed by atoms with Gasteiger partial charge in [0.2, 0.25) is 0 Å². The molecular formula is C13H15ClO4S. The molecule has 19 heavy (non-hydrogen) atoms. The molecule has 1 aromatic carbocycles. The van der Waals surface area contributed by atoms with E-state index in [1.54, 1.807) is 12.1 Å². The summed E-state index contributed by atoms with van der Waals surface area (Å²) in [5.41, 5.74) is 0. The van der Waals surface area contributed by atoms with Crippen LogP contribution in [0.2, 0.25) is 5.02 Å². The summed E-state index contributed by atoms with van der Waals surface area (Å²) in [5, 5.41) is 8.46. The second-order valence-corrected chi connectivity index (χ2v) is 7.29. The molecule has 2 rings (SSSR count). The first-order valence-electron chi connectivity index (χ1n) is 6.16. The topological polar surface area (TPSA) is 71.4 Å². The molecule has 0 bridgehead atoms. The zero-order valence-electron chi connectivity index (χ0n) is 10.3. The van der Waals surface area contributed by atoms with E-state index in [-0.39, 0.29) is 9.92 Å². The average molecular weight is 303 g/mol. The number of aliphatic carboxylic acids is 1. The van der Waals surface area contributed by atoms with Crippen molar-refractivity contribution < 1.29 is 18.3 Å². The van der Waals surface area contributed by atoms with Gasteiger partial charge in [-0.05, 0) is 25.0 Å². The van der Waals surface area contributed by atoms with Gasteiger partial charge in [-0.15, -0.1) is 0 Å². The molecule has 1 aliphatic carbocycles. The van der Waals surface area contributed by atoms with Gasteiger partial charge < -0.3 is 5.11 Å². The SMILES string of the molecule is O=C(O)C1CCCCC1S(=O)(=O)c1ccccc1Cl. The van der Waals surface area contributed by atoms with E-state index in [1.807, 2.05) is 0 Å². The molecule has 2 atom stereocenters. The molecule has 1 N–H and O–H groups in total. The standard InChI is InChI=1S/C13H15ClO4S/c14-10-6-2-4-8-12(10)19(17,18)11-7-3-1-5-9(11)13(15)16/h2,4,6,8-9,11H,1,3,5,7H2,(H,15,16). The number of hydrogen-bond donors (Lipinski definition) is 1. The summed E-state index contributed by atoms with van der Waals surface area (Å²) in [6.45, 7) is 0. The van der Waals surface area contributed by atoms with Crippen molar-refractivity contribution in [2.75, 3.05) is 0 Å². The highest BCUT2D eigenvalue weighted by molar-refractivity contribution is 7.92. The van der Waals surface area contributed by atoms with E-state index in [9.17, 15) is 18.3 Å². The van der Waals surface area contributed by atoms with E-state index in [0.717, 1.165) is 12.8 Å². The Balaban J connectivity index is 2.43. The number of carboxylic acid groups (broad SMARTS) is 1. The first-order chi connectivity index (χ1) is 8.94. The molecule has 0 radical (unpaired) electrons. The molecule has 2 unspecified atom stereocenters. The van der Waals surface area contributed by atoms with Gasteiger partial charge in [0.1, 0.15) is 0 Å². The second-order valence-electron chi connectivity index (χ2n) is 4.74. The fourth-order valence-corrected chi connectivity index (χ4v) is 5.14. The molecule has 0 spiro atoms.